The predicted molar refractivity (Wildman–Crippen MR) is 79.7 cm³/mol. The lowest BCUT2D eigenvalue weighted by Gasteiger charge is -2.18. The Labute approximate surface area is 128 Å². The number of anilines is 1. The number of nitrogens with zero attached hydrogens (tertiary/aromatic N) is 2. The van der Waals surface area contributed by atoms with Crippen LogP contribution in [-0.4, -0.2) is 47.4 Å². The van der Waals surface area contributed by atoms with Gasteiger partial charge in [-0.2, -0.15) is 0 Å². The number of benzene rings is 1. The summed E-state index contributed by atoms with van der Waals surface area (Å²) in [4.78, 5) is 38.4. The summed E-state index contributed by atoms with van der Waals surface area (Å²) < 4.78 is 0. The van der Waals surface area contributed by atoms with Crippen LogP contribution in [0.1, 0.15) is 29.6 Å². The molecule has 2 heterocycles. The van der Waals surface area contributed by atoms with Gasteiger partial charge in [-0.1, -0.05) is 0 Å². The van der Waals surface area contributed by atoms with Crippen molar-refractivity contribution in [2.75, 3.05) is 24.5 Å². The Kier molecular flexibility index (Phi) is 3.83. The lowest BCUT2D eigenvalue weighted by atomic mass is 10.1. The smallest absolute Gasteiger partial charge is 0.308 e. The summed E-state index contributed by atoms with van der Waals surface area (Å²) in [5.41, 5.74) is 1.25. The van der Waals surface area contributed by atoms with Crippen LogP contribution in [-0.2, 0) is 9.59 Å². The molecule has 0 bridgehead atoms. The van der Waals surface area contributed by atoms with E-state index in [1.807, 2.05) is 4.90 Å². The Bertz CT molecular complexity index is 605. The molecule has 2 aliphatic heterocycles. The molecule has 2 aliphatic rings. The number of carbonyl (C=O) groups is 3. The molecule has 6 nitrogen and oxygen atoms in total. The number of carbonyl (C=O) groups excluding carboxylic acids is 2. The SMILES string of the molecule is O=C(O)C1CC(=O)N(c2ccc(C(=O)N3CCCC3)cc2)C1. The summed E-state index contributed by atoms with van der Waals surface area (Å²) in [5.74, 6) is -1.78. The van der Waals surface area contributed by atoms with E-state index in [1.54, 1.807) is 24.3 Å². The number of hydrogen-bond acceptors (Lipinski definition) is 3. The first kappa shape index (κ1) is 14.6. The second-order valence-electron chi connectivity index (χ2n) is 5.79. The Morgan fingerprint density at radius 2 is 1.73 bits per heavy atom. The normalized spacial score (nSPS) is 21.5. The fourth-order valence-corrected chi connectivity index (χ4v) is 3.01. The van der Waals surface area contributed by atoms with Crippen LogP contribution in [0.2, 0.25) is 0 Å². The molecule has 0 saturated carbocycles. The van der Waals surface area contributed by atoms with E-state index in [-0.39, 0.29) is 24.8 Å². The van der Waals surface area contributed by atoms with Gasteiger partial charge in [0.2, 0.25) is 5.91 Å². The van der Waals surface area contributed by atoms with E-state index in [0.29, 0.717) is 11.3 Å². The van der Waals surface area contributed by atoms with Gasteiger partial charge in [0.05, 0.1) is 5.92 Å². The van der Waals surface area contributed by atoms with Crippen molar-refractivity contribution in [3.63, 3.8) is 0 Å². The molecule has 0 aromatic heterocycles. The predicted octanol–water partition coefficient (Wildman–Crippen LogP) is 1.36. The van der Waals surface area contributed by atoms with Crippen LogP contribution < -0.4 is 4.90 Å². The largest absolute Gasteiger partial charge is 0.481 e. The van der Waals surface area contributed by atoms with Crippen molar-refractivity contribution in [2.24, 2.45) is 5.92 Å². The van der Waals surface area contributed by atoms with E-state index < -0.39 is 11.9 Å². The van der Waals surface area contributed by atoms with Gasteiger partial charge in [-0.15, -0.1) is 0 Å². The van der Waals surface area contributed by atoms with Gasteiger partial charge in [0, 0.05) is 37.3 Å². The monoisotopic (exact) mass is 302 g/mol. The minimum Gasteiger partial charge on any atom is -0.481 e. The Morgan fingerprint density at radius 1 is 1.09 bits per heavy atom. The highest BCUT2D eigenvalue weighted by molar-refractivity contribution is 6.00. The van der Waals surface area contributed by atoms with E-state index in [2.05, 4.69) is 0 Å². The molecule has 2 fully saturated rings. The van der Waals surface area contributed by atoms with Gasteiger partial charge in [-0.3, -0.25) is 14.4 Å². The zero-order valence-electron chi connectivity index (χ0n) is 12.2. The first-order valence-electron chi connectivity index (χ1n) is 7.49. The van der Waals surface area contributed by atoms with Gasteiger partial charge >= 0.3 is 5.97 Å². The van der Waals surface area contributed by atoms with Crippen molar-refractivity contribution in [1.82, 2.24) is 4.90 Å². The molecule has 0 aliphatic carbocycles. The molecule has 1 atom stereocenters. The topological polar surface area (TPSA) is 77.9 Å². The van der Waals surface area contributed by atoms with Gasteiger partial charge in [0.25, 0.3) is 5.91 Å². The molecule has 1 aromatic carbocycles. The van der Waals surface area contributed by atoms with Crippen LogP contribution in [0.5, 0.6) is 0 Å². The maximum Gasteiger partial charge on any atom is 0.308 e. The number of rotatable bonds is 3. The highest BCUT2D eigenvalue weighted by Crippen LogP contribution is 2.26. The summed E-state index contributed by atoms with van der Waals surface area (Å²) >= 11 is 0. The van der Waals surface area contributed by atoms with E-state index in [4.69, 9.17) is 5.11 Å². The minimum atomic E-state index is -0.948. The number of carboxylic acid groups (broad SMARTS) is 1. The summed E-state index contributed by atoms with van der Waals surface area (Å²) in [5, 5.41) is 9.00. The van der Waals surface area contributed by atoms with Crippen LogP contribution in [0.15, 0.2) is 24.3 Å². The third-order valence-corrected chi connectivity index (χ3v) is 4.29. The highest BCUT2D eigenvalue weighted by Gasteiger charge is 2.35. The average Bonchev–Trinajstić information content (AvgIpc) is 3.16. The van der Waals surface area contributed by atoms with Crippen molar-refractivity contribution < 1.29 is 19.5 Å². The van der Waals surface area contributed by atoms with E-state index >= 15 is 0 Å². The minimum absolute atomic E-state index is 0.0141. The van der Waals surface area contributed by atoms with Crippen molar-refractivity contribution in [2.45, 2.75) is 19.3 Å². The fourth-order valence-electron chi connectivity index (χ4n) is 3.01. The standard InChI is InChI=1S/C16H18N2O4/c19-14-9-12(16(21)22)10-18(14)13-5-3-11(4-6-13)15(20)17-7-1-2-8-17/h3-6,12H,1-2,7-10H2,(H,21,22). The summed E-state index contributed by atoms with van der Waals surface area (Å²) in [6.45, 7) is 1.78. The lowest BCUT2D eigenvalue weighted by Crippen LogP contribution is -2.28. The molecule has 116 valence electrons. The second-order valence-corrected chi connectivity index (χ2v) is 5.79. The van der Waals surface area contributed by atoms with Gasteiger partial charge in [-0.05, 0) is 37.1 Å². The first-order valence-corrected chi connectivity index (χ1v) is 7.49. The van der Waals surface area contributed by atoms with Gasteiger partial charge in [-0.25, -0.2) is 0 Å². The molecule has 1 unspecified atom stereocenters. The first-order chi connectivity index (χ1) is 10.6. The fraction of sp³-hybridized carbons (Fsp3) is 0.438. The molecule has 1 aromatic rings. The Balaban J connectivity index is 1.73. The van der Waals surface area contributed by atoms with Crippen molar-refractivity contribution >= 4 is 23.5 Å². The Hall–Kier alpha value is -2.37. The number of likely N-dealkylation sites (tertiary alicyclic amines) is 1. The van der Waals surface area contributed by atoms with Crippen molar-refractivity contribution in [1.29, 1.82) is 0 Å². The third kappa shape index (κ3) is 2.68. The Morgan fingerprint density at radius 3 is 2.27 bits per heavy atom. The van der Waals surface area contributed by atoms with E-state index in [0.717, 1.165) is 25.9 Å². The van der Waals surface area contributed by atoms with Crippen LogP contribution >= 0.6 is 0 Å². The quantitative estimate of drug-likeness (QED) is 0.914. The molecular formula is C16H18N2O4. The average molecular weight is 302 g/mol. The zero-order valence-corrected chi connectivity index (χ0v) is 12.2. The van der Waals surface area contributed by atoms with Crippen LogP contribution in [0.4, 0.5) is 5.69 Å². The molecule has 3 rings (SSSR count). The van der Waals surface area contributed by atoms with E-state index in [1.165, 1.54) is 4.90 Å². The van der Waals surface area contributed by atoms with Gasteiger partial charge in [0.1, 0.15) is 0 Å². The maximum absolute atomic E-state index is 12.3. The lowest BCUT2D eigenvalue weighted by molar-refractivity contribution is -0.141. The van der Waals surface area contributed by atoms with Gasteiger partial charge < -0.3 is 14.9 Å². The zero-order chi connectivity index (χ0) is 15.7. The summed E-state index contributed by atoms with van der Waals surface area (Å²) in [6.07, 6.45) is 2.12. The summed E-state index contributed by atoms with van der Waals surface area (Å²) in [6, 6.07) is 6.84. The molecular weight excluding hydrogens is 284 g/mol. The van der Waals surface area contributed by atoms with Crippen LogP contribution in [0.3, 0.4) is 0 Å². The number of hydrogen-bond donors (Lipinski definition) is 1. The molecule has 2 amide bonds. The molecule has 2 saturated heterocycles. The highest BCUT2D eigenvalue weighted by atomic mass is 16.4. The second kappa shape index (κ2) is 5.79. The molecule has 0 radical (unpaired) electrons. The van der Waals surface area contributed by atoms with Crippen LogP contribution in [0.25, 0.3) is 0 Å². The molecule has 6 heteroatoms. The number of carboxylic acids is 1. The number of amides is 2. The molecule has 1 N–H and O–H groups in total. The van der Waals surface area contributed by atoms with Crippen molar-refractivity contribution in [3.8, 4) is 0 Å². The van der Waals surface area contributed by atoms with Gasteiger partial charge in [0.15, 0.2) is 0 Å². The third-order valence-electron chi connectivity index (χ3n) is 4.29. The molecule has 22 heavy (non-hydrogen) atoms. The maximum atomic E-state index is 12.3. The number of aliphatic carboxylic acids is 1. The van der Waals surface area contributed by atoms with Crippen molar-refractivity contribution in [3.05, 3.63) is 29.8 Å². The van der Waals surface area contributed by atoms with Crippen LogP contribution in [0, 0.1) is 5.92 Å². The van der Waals surface area contributed by atoms with E-state index in [9.17, 15) is 14.4 Å². The summed E-state index contributed by atoms with van der Waals surface area (Å²) in [7, 11) is 0. The molecule has 0 spiro atoms.